The Morgan fingerprint density at radius 2 is 2.20 bits per heavy atom. The summed E-state index contributed by atoms with van der Waals surface area (Å²) in [5.41, 5.74) is 0.215. The minimum absolute atomic E-state index is 0.136. The van der Waals surface area contributed by atoms with Crippen molar-refractivity contribution in [3.63, 3.8) is 0 Å². The number of nitro benzene ring substituents is 1. The number of nitro groups is 1. The van der Waals surface area contributed by atoms with Gasteiger partial charge in [-0.05, 0) is 34.2 Å². The molecule has 0 radical (unpaired) electrons. The Morgan fingerprint density at radius 3 is 2.80 bits per heavy atom. The van der Waals surface area contributed by atoms with E-state index in [0.717, 1.165) is 3.57 Å². The normalized spacial score (nSPS) is 10.3. The molecule has 20 heavy (non-hydrogen) atoms. The van der Waals surface area contributed by atoms with Gasteiger partial charge in [0.2, 0.25) is 0 Å². The van der Waals surface area contributed by atoms with Gasteiger partial charge in [-0.25, -0.2) is 4.68 Å². The second-order valence-corrected chi connectivity index (χ2v) is 5.18. The molecule has 104 valence electrons. The van der Waals surface area contributed by atoms with Gasteiger partial charge in [0.15, 0.2) is 5.75 Å². The molecule has 0 amide bonds. The van der Waals surface area contributed by atoms with Crippen LogP contribution in [0.2, 0.25) is 0 Å². The van der Waals surface area contributed by atoms with Crippen LogP contribution in [-0.2, 0) is 6.54 Å². The van der Waals surface area contributed by atoms with Crippen molar-refractivity contribution in [1.82, 2.24) is 9.78 Å². The largest absolute Gasteiger partial charge is 0.490 e. The molecule has 1 heterocycles. The van der Waals surface area contributed by atoms with Gasteiger partial charge in [0.05, 0.1) is 24.8 Å². The highest BCUT2D eigenvalue weighted by molar-refractivity contribution is 14.1. The molecule has 8 heteroatoms. The maximum absolute atomic E-state index is 11.7. The molecule has 0 unspecified atom stereocenters. The molecule has 0 fully saturated rings. The van der Waals surface area contributed by atoms with Crippen molar-refractivity contribution in [3.8, 4) is 5.75 Å². The summed E-state index contributed by atoms with van der Waals surface area (Å²) in [7, 11) is 1.37. The van der Waals surface area contributed by atoms with E-state index in [1.807, 2.05) is 22.6 Å². The smallest absolute Gasteiger partial charge is 0.311 e. The predicted octanol–water partition coefficient (Wildman–Crippen LogP) is 1.81. The SMILES string of the molecule is COc1ccc(Cn2ncc(I)cc2=O)cc1[N+](=O)[O-]. The molecule has 0 bridgehead atoms. The minimum Gasteiger partial charge on any atom is -0.490 e. The Balaban J connectivity index is 2.37. The van der Waals surface area contributed by atoms with Gasteiger partial charge in [0.1, 0.15) is 0 Å². The zero-order valence-corrected chi connectivity index (χ0v) is 12.6. The van der Waals surface area contributed by atoms with Gasteiger partial charge in [0, 0.05) is 15.7 Å². The highest BCUT2D eigenvalue weighted by Crippen LogP contribution is 2.27. The number of ether oxygens (including phenoxy) is 1. The highest BCUT2D eigenvalue weighted by Gasteiger charge is 2.15. The summed E-state index contributed by atoms with van der Waals surface area (Å²) in [6, 6.07) is 6.00. The number of rotatable bonds is 4. The van der Waals surface area contributed by atoms with E-state index in [1.54, 1.807) is 12.3 Å². The van der Waals surface area contributed by atoms with E-state index in [4.69, 9.17) is 4.74 Å². The molecule has 0 saturated heterocycles. The second-order valence-electron chi connectivity index (χ2n) is 3.93. The second kappa shape index (κ2) is 5.99. The summed E-state index contributed by atoms with van der Waals surface area (Å²) in [6.07, 6.45) is 1.56. The van der Waals surface area contributed by atoms with Crippen LogP contribution in [0.4, 0.5) is 5.69 Å². The lowest BCUT2D eigenvalue weighted by molar-refractivity contribution is -0.385. The molecule has 0 spiro atoms. The molecule has 1 aromatic heterocycles. The number of aromatic nitrogens is 2. The van der Waals surface area contributed by atoms with Crippen molar-refractivity contribution in [2.24, 2.45) is 0 Å². The summed E-state index contributed by atoms with van der Waals surface area (Å²) >= 11 is 1.99. The summed E-state index contributed by atoms with van der Waals surface area (Å²) < 4.78 is 6.91. The van der Waals surface area contributed by atoms with Crippen molar-refractivity contribution in [1.29, 1.82) is 0 Å². The Morgan fingerprint density at radius 1 is 1.45 bits per heavy atom. The lowest BCUT2D eigenvalue weighted by Crippen LogP contribution is -2.22. The van der Waals surface area contributed by atoms with Crippen molar-refractivity contribution in [2.45, 2.75) is 6.54 Å². The van der Waals surface area contributed by atoms with Crippen LogP contribution in [0, 0.1) is 13.7 Å². The molecule has 0 saturated carbocycles. The summed E-state index contributed by atoms with van der Waals surface area (Å²) in [6.45, 7) is 0.167. The monoisotopic (exact) mass is 387 g/mol. The van der Waals surface area contributed by atoms with Gasteiger partial charge in [-0.15, -0.1) is 0 Å². The zero-order chi connectivity index (χ0) is 14.7. The summed E-state index contributed by atoms with van der Waals surface area (Å²) in [5.74, 6) is 0.182. The number of hydrogen-bond acceptors (Lipinski definition) is 5. The lowest BCUT2D eigenvalue weighted by Gasteiger charge is -2.06. The first-order valence-corrected chi connectivity index (χ1v) is 6.63. The van der Waals surface area contributed by atoms with Crippen LogP contribution in [-0.4, -0.2) is 21.8 Å². The number of hydrogen-bond donors (Lipinski definition) is 0. The van der Waals surface area contributed by atoms with Gasteiger partial charge in [0.25, 0.3) is 5.56 Å². The third-order valence-corrected chi connectivity index (χ3v) is 3.20. The fourth-order valence-corrected chi connectivity index (χ4v) is 2.07. The van der Waals surface area contributed by atoms with Crippen LogP contribution in [0.1, 0.15) is 5.56 Å². The third-order valence-electron chi connectivity index (χ3n) is 2.61. The van der Waals surface area contributed by atoms with E-state index in [0.29, 0.717) is 5.56 Å². The van der Waals surface area contributed by atoms with Gasteiger partial charge in [-0.3, -0.25) is 14.9 Å². The number of benzene rings is 1. The van der Waals surface area contributed by atoms with Gasteiger partial charge < -0.3 is 4.74 Å². The van der Waals surface area contributed by atoms with Crippen LogP contribution in [0.25, 0.3) is 0 Å². The van der Waals surface area contributed by atoms with Crippen LogP contribution in [0.3, 0.4) is 0 Å². The summed E-state index contributed by atoms with van der Waals surface area (Å²) in [5, 5.41) is 14.9. The molecule has 0 N–H and O–H groups in total. The molecule has 0 aliphatic rings. The highest BCUT2D eigenvalue weighted by atomic mass is 127. The maximum Gasteiger partial charge on any atom is 0.311 e. The maximum atomic E-state index is 11.7. The first-order valence-electron chi connectivity index (χ1n) is 5.55. The Kier molecular flexibility index (Phi) is 4.32. The number of nitrogens with zero attached hydrogens (tertiary/aromatic N) is 3. The third kappa shape index (κ3) is 3.13. The van der Waals surface area contributed by atoms with E-state index in [9.17, 15) is 14.9 Å². The van der Waals surface area contributed by atoms with E-state index in [2.05, 4.69) is 5.10 Å². The van der Waals surface area contributed by atoms with Crippen LogP contribution in [0.15, 0.2) is 35.3 Å². The fourth-order valence-electron chi connectivity index (χ4n) is 1.68. The first-order chi connectivity index (χ1) is 9.51. The Hall–Kier alpha value is -1.97. The average Bonchev–Trinajstić information content (AvgIpc) is 2.41. The molecule has 0 atom stereocenters. The molecule has 2 aromatic rings. The fraction of sp³-hybridized carbons (Fsp3) is 0.167. The first kappa shape index (κ1) is 14.4. The summed E-state index contributed by atoms with van der Waals surface area (Å²) in [4.78, 5) is 22.1. The molecule has 7 nitrogen and oxygen atoms in total. The quantitative estimate of drug-likeness (QED) is 0.454. The lowest BCUT2D eigenvalue weighted by atomic mass is 10.2. The van der Waals surface area contributed by atoms with Crippen molar-refractivity contribution < 1.29 is 9.66 Å². The van der Waals surface area contributed by atoms with Gasteiger partial charge in [-0.1, -0.05) is 6.07 Å². The van der Waals surface area contributed by atoms with Crippen LogP contribution < -0.4 is 10.3 Å². The Labute approximate surface area is 127 Å². The van der Waals surface area contributed by atoms with Crippen LogP contribution >= 0.6 is 22.6 Å². The van der Waals surface area contributed by atoms with Gasteiger partial charge >= 0.3 is 5.69 Å². The van der Waals surface area contributed by atoms with Crippen molar-refractivity contribution in [3.05, 3.63) is 60.1 Å². The zero-order valence-electron chi connectivity index (χ0n) is 10.4. The van der Waals surface area contributed by atoms with E-state index in [1.165, 1.54) is 30.0 Å². The van der Waals surface area contributed by atoms with E-state index in [-0.39, 0.29) is 23.5 Å². The topological polar surface area (TPSA) is 87.3 Å². The van der Waals surface area contributed by atoms with E-state index < -0.39 is 4.92 Å². The predicted molar refractivity (Wildman–Crippen MR) is 80.0 cm³/mol. The molecule has 2 rings (SSSR count). The molecule has 0 aliphatic heterocycles. The molecular formula is C12H10IN3O4. The average molecular weight is 387 g/mol. The van der Waals surface area contributed by atoms with Crippen molar-refractivity contribution in [2.75, 3.05) is 7.11 Å². The van der Waals surface area contributed by atoms with Gasteiger partial charge in [-0.2, -0.15) is 5.10 Å². The molecule has 1 aromatic carbocycles. The minimum atomic E-state index is -0.521. The molecule has 0 aliphatic carbocycles. The standard InChI is InChI=1S/C12H10IN3O4/c1-20-11-3-2-8(4-10(11)16(18)19)7-15-12(17)5-9(13)6-14-15/h2-6H,7H2,1H3. The van der Waals surface area contributed by atoms with E-state index >= 15 is 0 Å². The van der Waals surface area contributed by atoms with Crippen LogP contribution in [0.5, 0.6) is 5.75 Å². The number of methoxy groups -OCH3 is 1. The van der Waals surface area contributed by atoms with Crippen molar-refractivity contribution >= 4 is 28.3 Å². The number of halogens is 1. The molecular weight excluding hydrogens is 377 g/mol. The Bertz CT molecular complexity index is 714.